The minimum atomic E-state index is -1.01. The molecule has 82 valence electrons. The number of carbonyl (C=O) groups is 1. The third-order valence-corrected chi connectivity index (χ3v) is 2.35. The summed E-state index contributed by atoms with van der Waals surface area (Å²) in [4.78, 5) is 14.3. The number of pyridine rings is 1. The Labute approximate surface area is 96.4 Å². The molecule has 0 aliphatic carbocycles. The lowest BCUT2D eigenvalue weighted by Crippen LogP contribution is -2.09. The lowest BCUT2D eigenvalue weighted by atomic mass is 10.2. The van der Waals surface area contributed by atoms with E-state index in [1.807, 2.05) is 0 Å². The molecule has 1 aromatic heterocycles. The molecule has 4 nitrogen and oxygen atoms in total. The van der Waals surface area contributed by atoms with Crippen LogP contribution in [0, 0.1) is 0 Å². The molecule has 2 aromatic rings. The highest BCUT2D eigenvalue weighted by atomic mass is 35.5. The van der Waals surface area contributed by atoms with Crippen LogP contribution in [0.15, 0.2) is 30.5 Å². The number of fused-ring (bicyclic) bond motifs is 1. The summed E-state index contributed by atoms with van der Waals surface area (Å²) in [5.74, 6) is -0.509. The van der Waals surface area contributed by atoms with Gasteiger partial charge in [-0.1, -0.05) is 11.6 Å². The van der Waals surface area contributed by atoms with E-state index >= 15 is 0 Å². The van der Waals surface area contributed by atoms with Crippen molar-refractivity contribution in [2.24, 2.45) is 0 Å². The van der Waals surface area contributed by atoms with Gasteiger partial charge < -0.3 is 9.84 Å². The van der Waals surface area contributed by atoms with Gasteiger partial charge in [0.1, 0.15) is 10.9 Å². The zero-order chi connectivity index (χ0) is 11.5. The molecule has 0 saturated carbocycles. The summed E-state index contributed by atoms with van der Waals surface area (Å²) < 4.78 is 5.05. The Bertz CT molecular complexity index is 542. The van der Waals surface area contributed by atoms with Crippen molar-refractivity contribution < 1.29 is 14.6 Å². The predicted molar refractivity (Wildman–Crippen MR) is 59.9 cm³/mol. The summed E-state index contributed by atoms with van der Waals surface area (Å²) in [7, 11) is 0. The van der Waals surface area contributed by atoms with Gasteiger partial charge in [-0.05, 0) is 29.7 Å². The highest BCUT2D eigenvalue weighted by molar-refractivity contribution is 6.34. The van der Waals surface area contributed by atoms with Crippen LogP contribution in [0.5, 0.6) is 5.75 Å². The molecule has 0 fully saturated rings. The Hall–Kier alpha value is -1.81. The molecule has 0 radical (unpaired) electrons. The van der Waals surface area contributed by atoms with E-state index in [1.54, 1.807) is 30.5 Å². The molecule has 1 N–H and O–H groups in total. The van der Waals surface area contributed by atoms with E-state index in [4.69, 9.17) is 21.4 Å². The van der Waals surface area contributed by atoms with E-state index in [2.05, 4.69) is 4.98 Å². The summed E-state index contributed by atoms with van der Waals surface area (Å²) in [6, 6.07) is 6.93. The van der Waals surface area contributed by atoms with Crippen LogP contribution < -0.4 is 4.74 Å². The second-order valence-corrected chi connectivity index (χ2v) is 3.53. The first-order chi connectivity index (χ1) is 7.66. The number of rotatable bonds is 3. The van der Waals surface area contributed by atoms with Crippen LogP contribution >= 0.6 is 11.6 Å². The molecule has 16 heavy (non-hydrogen) atoms. The van der Waals surface area contributed by atoms with Gasteiger partial charge in [0.2, 0.25) is 0 Å². The Balaban J connectivity index is 2.33. The van der Waals surface area contributed by atoms with Gasteiger partial charge in [0, 0.05) is 11.6 Å². The fourth-order valence-corrected chi connectivity index (χ4v) is 1.58. The molecular weight excluding hydrogens is 230 g/mol. The predicted octanol–water partition coefficient (Wildman–Crippen LogP) is 2.35. The molecule has 0 spiro atoms. The van der Waals surface area contributed by atoms with E-state index < -0.39 is 5.97 Å². The molecule has 0 saturated heterocycles. The number of ether oxygens (including phenoxy) is 1. The summed E-state index contributed by atoms with van der Waals surface area (Å²) in [6.07, 6.45) is 1.59. The van der Waals surface area contributed by atoms with Gasteiger partial charge in [-0.25, -0.2) is 9.78 Å². The van der Waals surface area contributed by atoms with Crippen molar-refractivity contribution in [3.63, 3.8) is 0 Å². The first kappa shape index (κ1) is 10.7. The van der Waals surface area contributed by atoms with Crippen molar-refractivity contribution >= 4 is 28.3 Å². The molecular formula is C11H8ClNO3. The van der Waals surface area contributed by atoms with Gasteiger partial charge in [-0.3, -0.25) is 0 Å². The largest absolute Gasteiger partial charge is 0.482 e. The van der Waals surface area contributed by atoms with E-state index in [9.17, 15) is 4.79 Å². The second kappa shape index (κ2) is 4.37. The quantitative estimate of drug-likeness (QED) is 0.833. The molecule has 0 aliphatic rings. The van der Waals surface area contributed by atoms with Crippen molar-refractivity contribution in [1.82, 2.24) is 4.98 Å². The zero-order valence-electron chi connectivity index (χ0n) is 8.18. The number of benzene rings is 1. The molecule has 0 unspecified atom stereocenters. The van der Waals surface area contributed by atoms with Crippen LogP contribution in [-0.2, 0) is 4.79 Å². The average molecular weight is 238 g/mol. The number of carboxylic acids is 1. The smallest absolute Gasteiger partial charge is 0.341 e. The molecule has 0 bridgehead atoms. The van der Waals surface area contributed by atoms with Gasteiger partial charge >= 0.3 is 5.97 Å². The van der Waals surface area contributed by atoms with Crippen LogP contribution in [0.2, 0.25) is 5.15 Å². The number of hydrogen-bond donors (Lipinski definition) is 1. The first-order valence-corrected chi connectivity index (χ1v) is 4.93. The number of aromatic nitrogens is 1. The second-order valence-electron chi connectivity index (χ2n) is 3.17. The van der Waals surface area contributed by atoms with Gasteiger partial charge in [0.05, 0.1) is 0 Å². The van der Waals surface area contributed by atoms with E-state index in [-0.39, 0.29) is 6.61 Å². The standard InChI is InChI=1S/C11H8ClNO3/c12-11-9-2-1-8(16-6-10(14)15)5-7(9)3-4-13-11/h1-5H,6H2,(H,14,15). The first-order valence-electron chi connectivity index (χ1n) is 4.55. The fourth-order valence-electron chi connectivity index (χ4n) is 1.35. The molecule has 1 heterocycles. The average Bonchev–Trinajstić information content (AvgIpc) is 2.26. The Kier molecular flexibility index (Phi) is 2.92. The van der Waals surface area contributed by atoms with Gasteiger partial charge in [-0.2, -0.15) is 0 Å². The molecule has 0 atom stereocenters. The van der Waals surface area contributed by atoms with Crippen LogP contribution in [0.25, 0.3) is 10.8 Å². The van der Waals surface area contributed by atoms with Crippen molar-refractivity contribution in [2.75, 3.05) is 6.61 Å². The summed E-state index contributed by atoms with van der Waals surface area (Å²) >= 11 is 5.89. The topological polar surface area (TPSA) is 59.4 Å². The van der Waals surface area contributed by atoms with Gasteiger partial charge in [0.25, 0.3) is 0 Å². The maximum atomic E-state index is 10.3. The van der Waals surface area contributed by atoms with Crippen molar-refractivity contribution in [2.45, 2.75) is 0 Å². The third-order valence-electron chi connectivity index (χ3n) is 2.05. The lowest BCUT2D eigenvalue weighted by Gasteiger charge is -2.05. The maximum absolute atomic E-state index is 10.3. The van der Waals surface area contributed by atoms with Crippen LogP contribution in [0.3, 0.4) is 0 Å². The highest BCUT2D eigenvalue weighted by Crippen LogP contribution is 2.24. The van der Waals surface area contributed by atoms with E-state index in [1.165, 1.54) is 0 Å². The molecule has 2 rings (SSSR count). The van der Waals surface area contributed by atoms with E-state index in [0.717, 1.165) is 10.8 Å². The summed E-state index contributed by atoms with van der Waals surface area (Å²) in [5.41, 5.74) is 0. The highest BCUT2D eigenvalue weighted by Gasteiger charge is 2.03. The Morgan fingerprint density at radius 1 is 1.44 bits per heavy atom. The molecule has 1 aromatic carbocycles. The minimum absolute atomic E-state index is 0.357. The van der Waals surface area contributed by atoms with Crippen molar-refractivity contribution in [3.05, 3.63) is 35.6 Å². The molecule has 0 amide bonds. The third kappa shape index (κ3) is 2.23. The van der Waals surface area contributed by atoms with Gasteiger partial charge in [0.15, 0.2) is 6.61 Å². The van der Waals surface area contributed by atoms with E-state index in [0.29, 0.717) is 10.9 Å². The molecule has 0 aliphatic heterocycles. The number of nitrogens with zero attached hydrogens (tertiary/aromatic N) is 1. The summed E-state index contributed by atoms with van der Waals surface area (Å²) in [5, 5.41) is 10.6. The lowest BCUT2D eigenvalue weighted by molar-refractivity contribution is -0.139. The number of hydrogen-bond acceptors (Lipinski definition) is 3. The number of aliphatic carboxylic acids is 1. The van der Waals surface area contributed by atoms with Crippen molar-refractivity contribution in [3.8, 4) is 5.75 Å². The SMILES string of the molecule is O=C(O)COc1ccc2c(Cl)nccc2c1. The molecule has 5 heteroatoms. The Morgan fingerprint density at radius 3 is 3.00 bits per heavy atom. The van der Waals surface area contributed by atoms with Crippen LogP contribution in [0.1, 0.15) is 0 Å². The van der Waals surface area contributed by atoms with Gasteiger partial charge in [-0.15, -0.1) is 0 Å². The zero-order valence-corrected chi connectivity index (χ0v) is 8.94. The van der Waals surface area contributed by atoms with Crippen molar-refractivity contribution in [1.29, 1.82) is 0 Å². The number of carboxylic acid groups (broad SMARTS) is 1. The van der Waals surface area contributed by atoms with Crippen LogP contribution in [-0.4, -0.2) is 22.7 Å². The normalized spacial score (nSPS) is 10.3. The Morgan fingerprint density at radius 2 is 2.25 bits per heavy atom. The fraction of sp³-hybridized carbons (Fsp3) is 0.0909. The number of halogens is 1. The maximum Gasteiger partial charge on any atom is 0.341 e. The van der Waals surface area contributed by atoms with Crippen LogP contribution in [0.4, 0.5) is 0 Å². The minimum Gasteiger partial charge on any atom is -0.482 e. The summed E-state index contributed by atoms with van der Waals surface area (Å²) in [6.45, 7) is -0.357. The monoisotopic (exact) mass is 237 g/mol.